The summed E-state index contributed by atoms with van der Waals surface area (Å²) in [4.78, 5) is 4.29. The lowest BCUT2D eigenvalue weighted by Crippen LogP contribution is -1.89. The summed E-state index contributed by atoms with van der Waals surface area (Å²) in [5.74, 6) is 1.56. The van der Waals surface area contributed by atoms with Crippen LogP contribution in [0.5, 0.6) is 11.5 Å². The van der Waals surface area contributed by atoms with Crippen LogP contribution < -0.4 is 10.5 Å². The lowest BCUT2D eigenvalue weighted by atomic mass is 10.2. The molecule has 94 valence electrons. The maximum atomic E-state index is 5.88. The predicted molar refractivity (Wildman–Crippen MR) is 80.4 cm³/mol. The van der Waals surface area contributed by atoms with Crippen molar-refractivity contribution in [2.45, 2.75) is 0 Å². The van der Waals surface area contributed by atoms with Gasteiger partial charge in [0.15, 0.2) is 0 Å². The fraction of sp³-hybridized carbons (Fsp3) is 0. The molecule has 2 N–H and O–H groups in total. The summed E-state index contributed by atoms with van der Waals surface area (Å²) < 4.78 is 6.91. The van der Waals surface area contributed by atoms with E-state index in [1.807, 2.05) is 48.5 Å². The molecule has 3 rings (SSSR count). The molecule has 3 aromatic rings. The predicted octanol–water partition coefficient (Wildman–Crippen LogP) is 4.37. The van der Waals surface area contributed by atoms with Crippen molar-refractivity contribution < 1.29 is 4.74 Å². The maximum Gasteiger partial charge on any atom is 0.138 e. The molecule has 0 aliphatic heterocycles. The molecule has 0 radical (unpaired) electrons. The minimum atomic E-state index is 0.695. The van der Waals surface area contributed by atoms with Crippen molar-refractivity contribution in [1.82, 2.24) is 4.98 Å². The average molecular weight is 315 g/mol. The third-order valence-corrected chi connectivity index (χ3v) is 3.30. The second kappa shape index (κ2) is 4.90. The first kappa shape index (κ1) is 12.0. The SMILES string of the molecule is Nc1ccc2c(Oc3ccc(Br)cc3)ccnc2c1. The molecule has 1 heterocycles. The Balaban J connectivity index is 2.03. The Morgan fingerprint density at radius 2 is 1.79 bits per heavy atom. The van der Waals surface area contributed by atoms with Crippen LogP contribution in [0.15, 0.2) is 59.2 Å². The van der Waals surface area contributed by atoms with Crippen LogP contribution in [0.2, 0.25) is 0 Å². The van der Waals surface area contributed by atoms with Crippen molar-refractivity contribution in [3.8, 4) is 11.5 Å². The Morgan fingerprint density at radius 1 is 1.00 bits per heavy atom. The van der Waals surface area contributed by atoms with Crippen LogP contribution in [-0.4, -0.2) is 4.98 Å². The highest BCUT2D eigenvalue weighted by atomic mass is 79.9. The first-order chi connectivity index (χ1) is 9.22. The van der Waals surface area contributed by atoms with E-state index in [0.29, 0.717) is 5.69 Å². The Morgan fingerprint density at radius 3 is 2.58 bits per heavy atom. The van der Waals surface area contributed by atoms with Gasteiger partial charge in [0.05, 0.1) is 5.52 Å². The van der Waals surface area contributed by atoms with Crippen molar-refractivity contribution in [1.29, 1.82) is 0 Å². The van der Waals surface area contributed by atoms with Crippen LogP contribution in [0.3, 0.4) is 0 Å². The van der Waals surface area contributed by atoms with E-state index in [9.17, 15) is 0 Å². The van der Waals surface area contributed by atoms with Crippen molar-refractivity contribution in [2.24, 2.45) is 0 Å². The molecule has 0 aliphatic carbocycles. The third kappa shape index (κ3) is 2.53. The van der Waals surface area contributed by atoms with E-state index in [2.05, 4.69) is 20.9 Å². The Kier molecular flexibility index (Phi) is 3.09. The number of hydrogen-bond acceptors (Lipinski definition) is 3. The summed E-state index contributed by atoms with van der Waals surface area (Å²) in [6.07, 6.45) is 1.72. The zero-order valence-electron chi connectivity index (χ0n) is 10.0. The number of nitrogen functional groups attached to an aromatic ring is 1. The standard InChI is InChI=1S/C15H11BrN2O/c16-10-1-4-12(5-2-10)19-15-7-8-18-14-9-11(17)3-6-13(14)15/h1-9H,17H2. The largest absolute Gasteiger partial charge is 0.457 e. The number of hydrogen-bond donors (Lipinski definition) is 1. The number of nitrogens with two attached hydrogens (primary N) is 1. The van der Waals surface area contributed by atoms with Crippen molar-refractivity contribution in [3.63, 3.8) is 0 Å². The first-order valence-electron chi connectivity index (χ1n) is 5.80. The zero-order chi connectivity index (χ0) is 13.2. The molecule has 0 fully saturated rings. The number of rotatable bonds is 2. The summed E-state index contributed by atoms with van der Waals surface area (Å²) in [6.45, 7) is 0. The first-order valence-corrected chi connectivity index (χ1v) is 6.59. The van der Waals surface area contributed by atoms with E-state index in [4.69, 9.17) is 10.5 Å². The summed E-state index contributed by atoms with van der Waals surface area (Å²) in [5, 5.41) is 0.944. The molecule has 0 atom stereocenters. The molecule has 1 aromatic heterocycles. The van der Waals surface area contributed by atoms with E-state index in [1.165, 1.54) is 0 Å². The van der Waals surface area contributed by atoms with Gasteiger partial charge < -0.3 is 10.5 Å². The van der Waals surface area contributed by atoms with Crippen LogP contribution >= 0.6 is 15.9 Å². The fourth-order valence-corrected chi connectivity index (χ4v) is 2.12. The smallest absolute Gasteiger partial charge is 0.138 e. The number of benzene rings is 2. The number of aromatic nitrogens is 1. The molecular weight excluding hydrogens is 304 g/mol. The molecule has 0 amide bonds. The normalized spacial score (nSPS) is 10.6. The molecule has 4 heteroatoms. The Bertz CT molecular complexity index is 726. The molecule has 2 aromatic carbocycles. The quantitative estimate of drug-likeness (QED) is 0.714. The van der Waals surface area contributed by atoms with Gasteiger partial charge in [-0.25, -0.2) is 0 Å². The highest BCUT2D eigenvalue weighted by Gasteiger charge is 2.04. The zero-order valence-corrected chi connectivity index (χ0v) is 11.6. The van der Waals surface area contributed by atoms with E-state index >= 15 is 0 Å². The lowest BCUT2D eigenvalue weighted by molar-refractivity contribution is 0.488. The van der Waals surface area contributed by atoms with Crippen LogP contribution in [0.4, 0.5) is 5.69 Å². The molecule has 3 nitrogen and oxygen atoms in total. The molecule has 0 aliphatic rings. The summed E-state index contributed by atoms with van der Waals surface area (Å²) in [7, 11) is 0. The van der Waals surface area contributed by atoms with E-state index in [-0.39, 0.29) is 0 Å². The van der Waals surface area contributed by atoms with Gasteiger partial charge in [0.2, 0.25) is 0 Å². The van der Waals surface area contributed by atoms with Gasteiger partial charge in [-0.15, -0.1) is 0 Å². The molecule has 19 heavy (non-hydrogen) atoms. The Labute approximate surface area is 119 Å². The Hall–Kier alpha value is -2.07. The van der Waals surface area contributed by atoms with E-state index in [1.54, 1.807) is 6.20 Å². The van der Waals surface area contributed by atoms with Gasteiger partial charge >= 0.3 is 0 Å². The minimum Gasteiger partial charge on any atom is -0.457 e. The highest BCUT2D eigenvalue weighted by molar-refractivity contribution is 9.10. The van der Waals surface area contributed by atoms with Crippen molar-refractivity contribution >= 4 is 32.5 Å². The van der Waals surface area contributed by atoms with Crippen molar-refractivity contribution in [2.75, 3.05) is 5.73 Å². The van der Waals surface area contributed by atoms with Gasteiger partial charge in [-0.1, -0.05) is 15.9 Å². The minimum absolute atomic E-state index is 0.695. The molecule has 0 spiro atoms. The molecule has 0 unspecified atom stereocenters. The summed E-state index contributed by atoms with van der Waals surface area (Å²) >= 11 is 3.40. The van der Waals surface area contributed by atoms with Gasteiger partial charge in [0.25, 0.3) is 0 Å². The third-order valence-electron chi connectivity index (χ3n) is 2.77. The van der Waals surface area contributed by atoms with Crippen LogP contribution in [-0.2, 0) is 0 Å². The number of pyridine rings is 1. The van der Waals surface area contributed by atoms with Crippen LogP contribution in [0.1, 0.15) is 0 Å². The maximum absolute atomic E-state index is 5.88. The summed E-state index contributed by atoms with van der Waals surface area (Å²) in [5.41, 5.74) is 7.28. The van der Waals surface area contributed by atoms with E-state index < -0.39 is 0 Å². The topological polar surface area (TPSA) is 48.1 Å². The number of nitrogens with zero attached hydrogens (tertiary/aromatic N) is 1. The van der Waals surface area contributed by atoms with Gasteiger partial charge in [0.1, 0.15) is 11.5 Å². The summed E-state index contributed by atoms with van der Waals surface area (Å²) in [6, 6.07) is 15.2. The van der Waals surface area contributed by atoms with Gasteiger partial charge in [-0.3, -0.25) is 4.98 Å². The van der Waals surface area contributed by atoms with Crippen LogP contribution in [0.25, 0.3) is 10.9 Å². The fourth-order valence-electron chi connectivity index (χ4n) is 1.86. The molecule has 0 bridgehead atoms. The highest BCUT2D eigenvalue weighted by Crippen LogP contribution is 2.30. The number of fused-ring (bicyclic) bond motifs is 1. The molecule has 0 saturated carbocycles. The number of anilines is 1. The number of ether oxygens (including phenoxy) is 1. The van der Waals surface area contributed by atoms with Crippen LogP contribution in [0, 0.1) is 0 Å². The van der Waals surface area contributed by atoms with Crippen molar-refractivity contribution in [3.05, 3.63) is 59.2 Å². The average Bonchev–Trinajstić information content (AvgIpc) is 2.41. The number of halogens is 1. The second-order valence-corrected chi connectivity index (χ2v) is 5.06. The molecule has 0 saturated heterocycles. The lowest BCUT2D eigenvalue weighted by Gasteiger charge is -2.09. The monoisotopic (exact) mass is 314 g/mol. The van der Waals surface area contributed by atoms with Gasteiger partial charge in [0, 0.05) is 21.7 Å². The van der Waals surface area contributed by atoms with Gasteiger partial charge in [-0.05, 0) is 48.5 Å². The second-order valence-electron chi connectivity index (χ2n) is 4.14. The molecular formula is C15H11BrN2O. The van der Waals surface area contributed by atoms with Gasteiger partial charge in [-0.2, -0.15) is 0 Å². The van der Waals surface area contributed by atoms with E-state index in [0.717, 1.165) is 26.9 Å².